The molecule has 1 aliphatic heterocycles. The highest BCUT2D eigenvalue weighted by atomic mass is 16.5. The van der Waals surface area contributed by atoms with Crippen LogP contribution in [0.15, 0.2) is 42.5 Å². The van der Waals surface area contributed by atoms with Crippen LogP contribution in [0.25, 0.3) is 0 Å². The average Bonchev–Trinajstić information content (AvgIpc) is 2.74. The highest BCUT2D eigenvalue weighted by Gasteiger charge is 2.20. The van der Waals surface area contributed by atoms with Crippen LogP contribution in [0.3, 0.4) is 0 Å². The summed E-state index contributed by atoms with van der Waals surface area (Å²) < 4.78 is 10.7. The summed E-state index contributed by atoms with van der Waals surface area (Å²) in [6, 6.07) is 14.1. The Hall–Kier alpha value is -2.57. The van der Waals surface area contributed by atoms with Gasteiger partial charge in [0, 0.05) is 44.8 Å². The molecule has 0 unspecified atom stereocenters. The van der Waals surface area contributed by atoms with Gasteiger partial charge in [0.15, 0.2) is 0 Å². The summed E-state index contributed by atoms with van der Waals surface area (Å²) >= 11 is 0. The van der Waals surface area contributed by atoms with Crippen molar-refractivity contribution in [3.05, 3.63) is 59.2 Å². The lowest BCUT2D eigenvalue weighted by molar-refractivity contribution is -0.122. The lowest BCUT2D eigenvalue weighted by Gasteiger charge is -2.34. The lowest BCUT2D eigenvalue weighted by atomic mass is 10.1. The highest BCUT2D eigenvalue weighted by Crippen LogP contribution is 2.22. The Morgan fingerprint density at radius 1 is 1.00 bits per heavy atom. The zero-order chi connectivity index (χ0) is 20.6. The number of piperazine rings is 1. The molecule has 6 nitrogen and oxygen atoms in total. The van der Waals surface area contributed by atoms with E-state index in [1.54, 1.807) is 14.2 Å². The summed E-state index contributed by atoms with van der Waals surface area (Å²) in [6.07, 6.45) is 0. The Balaban J connectivity index is 1.42. The molecule has 0 aromatic heterocycles. The molecule has 6 heteroatoms. The Bertz CT molecular complexity index is 817. The number of rotatable bonds is 8. The Labute approximate surface area is 173 Å². The van der Waals surface area contributed by atoms with Gasteiger partial charge in [0.25, 0.3) is 0 Å². The maximum absolute atomic E-state index is 12.3. The fourth-order valence-electron chi connectivity index (χ4n) is 3.62. The van der Waals surface area contributed by atoms with Gasteiger partial charge in [-0.15, -0.1) is 0 Å². The van der Waals surface area contributed by atoms with E-state index >= 15 is 0 Å². The molecule has 1 fully saturated rings. The first-order chi connectivity index (χ1) is 14.1. The van der Waals surface area contributed by atoms with Gasteiger partial charge in [-0.25, -0.2) is 0 Å². The topological polar surface area (TPSA) is 54.0 Å². The van der Waals surface area contributed by atoms with Crippen LogP contribution in [0, 0.1) is 6.92 Å². The molecule has 0 bridgehead atoms. The van der Waals surface area contributed by atoms with Gasteiger partial charge in [-0.2, -0.15) is 0 Å². The van der Waals surface area contributed by atoms with Crippen molar-refractivity contribution in [1.82, 2.24) is 15.1 Å². The second kappa shape index (κ2) is 10.3. The summed E-state index contributed by atoms with van der Waals surface area (Å²) in [5.41, 5.74) is 3.50. The molecule has 2 aromatic rings. The number of hydrogen-bond acceptors (Lipinski definition) is 5. The second-order valence-corrected chi connectivity index (χ2v) is 7.50. The third-order valence-electron chi connectivity index (χ3n) is 5.29. The number of carbonyl (C=O) groups excluding carboxylic acids is 1. The zero-order valence-electron chi connectivity index (χ0n) is 17.6. The second-order valence-electron chi connectivity index (χ2n) is 7.50. The molecule has 0 spiro atoms. The van der Waals surface area contributed by atoms with E-state index in [2.05, 4.69) is 34.2 Å². The average molecular weight is 398 g/mol. The number of aryl methyl sites for hydroxylation is 1. The van der Waals surface area contributed by atoms with Crippen LogP contribution in [0.1, 0.15) is 16.7 Å². The van der Waals surface area contributed by atoms with Crippen LogP contribution < -0.4 is 14.8 Å². The van der Waals surface area contributed by atoms with Crippen molar-refractivity contribution in [2.75, 3.05) is 46.9 Å². The van der Waals surface area contributed by atoms with Crippen LogP contribution in [0.2, 0.25) is 0 Å². The van der Waals surface area contributed by atoms with E-state index in [-0.39, 0.29) is 5.91 Å². The molecule has 1 heterocycles. The number of nitrogens with zero attached hydrogens (tertiary/aromatic N) is 2. The third kappa shape index (κ3) is 6.21. The van der Waals surface area contributed by atoms with Gasteiger partial charge in [0.05, 0.1) is 20.8 Å². The molecular weight excluding hydrogens is 366 g/mol. The monoisotopic (exact) mass is 397 g/mol. The van der Waals surface area contributed by atoms with Gasteiger partial charge in [-0.1, -0.05) is 29.8 Å². The van der Waals surface area contributed by atoms with Crippen molar-refractivity contribution in [2.24, 2.45) is 0 Å². The van der Waals surface area contributed by atoms with Crippen molar-refractivity contribution in [1.29, 1.82) is 0 Å². The van der Waals surface area contributed by atoms with Gasteiger partial charge in [-0.05, 0) is 30.7 Å². The summed E-state index contributed by atoms with van der Waals surface area (Å²) in [6.45, 7) is 7.60. The molecule has 29 heavy (non-hydrogen) atoms. The minimum Gasteiger partial charge on any atom is -0.497 e. The predicted molar refractivity (Wildman–Crippen MR) is 114 cm³/mol. The maximum Gasteiger partial charge on any atom is 0.234 e. The van der Waals surface area contributed by atoms with E-state index in [0.717, 1.165) is 49.8 Å². The van der Waals surface area contributed by atoms with Gasteiger partial charge < -0.3 is 14.8 Å². The Morgan fingerprint density at radius 2 is 1.76 bits per heavy atom. The maximum atomic E-state index is 12.3. The highest BCUT2D eigenvalue weighted by molar-refractivity contribution is 5.78. The van der Waals surface area contributed by atoms with Crippen molar-refractivity contribution in [3.8, 4) is 11.5 Å². The quantitative estimate of drug-likeness (QED) is 0.742. The number of benzene rings is 2. The number of nitrogens with one attached hydrogen (secondary N) is 1. The van der Waals surface area contributed by atoms with E-state index < -0.39 is 0 Å². The summed E-state index contributed by atoms with van der Waals surface area (Å²) in [4.78, 5) is 17.0. The van der Waals surface area contributed by atoms with E-state index in [9.17, 15) is 4.79 Å². The standard InChI is InChI=1S/C23H31N3O3/c1-18-7-8-22(29-3)20(13-18)16-25-9-11-26(12-10-25)17-23(27)24-15-19-5-4-6-21(14-19)28-2/h4-8,13-14H,9-12,15-17H2,1-3H3,(H,24,27). The number of hydrogen-bond donors (Lipinski definition) is 1. The van der Waals surface area contributed by atoms with E-state index in [1.165, 1.54) is 11.1 Å². The van der Waals surface area contributed by atoms with Crippen molar-refractivity contribution >= 4 is 5.91 Å². The van der Waals surface area contributed by atoms with E-state index in [0.29, 0.717) is 13.1 Å². The number of carbonyl (C=O) groups is 1. The van der Waals surface area contributed by atoms with E-state index in [1.807, 2.05) is 30.3 Å². The first-order valence-electron chi connectivity index (χ1n) is 10.0. The lowest BCUT2D eigenvalue weighted by Crippen LogP contribution is -2.49. The van der Waals surface area contributed by atoms with E-state index in [4.69, 9.17) is 9.47 Å². The fourth-order valence-corrected chi connectivity index (χ4v) is 3.62. The number of ether oxygens (including phenoxy) is 2. The third-order valence-corrected chi connectivity index (χ3v) is 5.29. The minimum atomic E-state index is 0.0571. The molecule has 1 saturated heterocycles. The minimum absolute atomic E-state index is 0.0571. The first kappa shape index (κ1) is 21.1. The first-order valence-corrected chi connectivity index (χ1v) is 10.0. The smallest absolute Gasteiger partial charge is 0.234 e. The van der Waals surface area contributed by atoms with Crippen LogP contribution in [0.4, 0.5) is 0 Å². The molecule has 1 N–H and O–H groups in total. The van der Waals surface area contributed by atoms with Crippen molar-refractivity contribution in [3.63, 3.8) is 0 Å². The molecule has 156 valence electrons. The van der Waals surface area contributed by atoms with Crippen LogP contribution >= 0.6 is 0 Å². The van der Waals surface area contributed by atoms with Crippen molar-refractivity contribution in [2.45, 2.75) is 20.0 Å². The van der Waals surface area contributed by atoms with Crippen LogP contribution in [-0.4, -0.2) is 62.7 Å². The summed E-state index contributed by atoms with van der Waals surface area (Å²) in [5, 5.41) is 3.00. The van der Waals surface area contributed by atoms with Crippen LogP contribution in [0.5, 0.6) is 11.5 Å². The number of amides is 1. The normalized spacial score (nSPS) is 15.1. The molecule has 0 aliphatic carbocycles. The van der Waals surface area contributed by atoms with Gasteiger partial charge in [0.1, 0.15) is 11.5 Å². The molecule has 1 amide bonds. The summed E-state index contributed by atoms with van der Waals surface area (Å²) in [7, 11) is 3.36. The predicted octanol–water partition coefficient (Wildman–Crippen LogP) is 2.45. The SMILES string of the molecule is COc1cccc(CNC(=O)CN2CCN(Cc3cc(C)ccc3OC)CC2)c1. The molecule has 0 saturated carbocycles. The largest absolute Gasteiger partial charge is 0.497 e. The van der Waals surface area contributed by atoms with Gasteiger partial charge in [-0.3, -0.25) is 14.6 Å². The molecule has 0 radical (unpaired) electrons. The zero-order valence-corrected chi connectivity index (χ0v) is 17.6. The molecular formula is C23H31N3O3. The number of methoxy groups -OCH3 is 2. The van der Waals surface area contributed by atoms with Crippen LogP contribution in [-0.2, 0) is 17.9 Å². The molecule has 1 aliphatic rings. The molecule has 2 aromatic carbocycles. The fraction of sp³-hybridized carbons (Fsp3) is 0.435. The molecule has 3 rings (SSSR count). The van der Waals surface area contributed by atoms with Crippen molar-refractivity contribution < 1.29 is 14.3 Å². The Kier molecular flexibility index (Phi) is 7.49. The Morgan fingerprint density at radius 3 is 2.48 bits per heavy atom. The molecule has 0 atom stereocenters. The summed E-state index contributed by atoms with van der Waals surface area (Å²) in [5.74, 6) is 1.80. The van der Waals surface area contributed by atoms with Gasteiger partial charge >= 0.3 is 0 Å². The van der Waals surface area contributed by atoms with Gasteiger partial charge in [0.2, 0.25) is 5.91 Å².